The fourth-order valence-electron chi connectivity index (χ4n) is 3.13. The predicted octanol–water partition coefficient (Wildman–Crippen LogP) is 3.66. The van der Waals surface area contributed by atoms with E-state index in [2.05, 4.69) is 39.8 Å². The third-order valence-corrected chi connectivity index (χ3v) is 4.01. The topological polar surface area (TPSA) is 17.1 Å². The molecule has 0 aromatic heterocycles. The highest BCUT2D eigenvalue weighted by Gasteiger charge is 2.46. The first-order valence-electron chi connectivity index (χ1n) is 5.79. The van der Waals surface area contributed by atoms with Crippen LogP contribution in [0.2, 0.25) is 0 Å². The van der Waals surface area contributed by atoms with Crippen molar-refractivity contribution in [1.82, 2.24) is 0 Å². The highest BCUT2D eigenvalue weighted by atomic mass is 16.1. The number of fused-ring (bicyclic) bond motifs is 1. The van der Waals surface area contributed by atoms with Crippen molar-refractivity contribution in [3.8, 4) is 0 Å². The summed E-state index contributed by atoms with van der Waals surface area (Å²) in [7, 11) is 0. The number of allylic oxidation sites excluding steroid dienone is 4. The maximum absolute atomic E-state index is 12.1. The largest absolute Gasteiger partial charge is 0.298 e. The second-order valence-electron chi connectivity index (χ2n) is 5.82. The molecule has 0 aliphatic heterocycles. The molecular formula is C14H20O. The second-order valence-corrected chi connectivity index (χ2v) is 5.82. The summed E-state index contributed by atoms with van der Waals surface area (Å²) in [5.74, 6) is 0.395. The second kappa shape index (κ2) is 3.07. The summed E-state index contributed by atoms with van der Waals surface area (Å²) in [4.78, 5) is 12.1. The Morgan fingerprint density at radius 1 is 1.27 bits per heavy atom. The molecule has 82 valence electrons. The summed E-state index contributed by atoms with van der Waals surface area (Å²) in [5, 5.41) is 0. The Morgan fingerprint density at radius 3 is 2.60 bits per heavy atom. The van der Waals surface area contributed by atoms with Gasteiger partial charge in [-0.2, -0.15) is 0 Å². The Hall–Kier alpha value is -0.850. The standard InChI is InChI=1S/C14H20O/c1-10-5-6-11-13(2,3)8-7-12(15)14(11,4)9-10/h6,9H,5,7-8H2,1-4H3. The average molecular weight is 204 g/mol. The van der Waals surface area contributed by atoms with Gasteiger partial charge in [0.1, 0.15) is 5.78 Å². The molecule has 2 rings (SSSR count). The number of carbonyl (C=O) groups excluding carboxylic acids is 1. The molecule has 0 aromatic rings. The van der Waals surface area contributed by atoms with Crippen LogP contribution in [0.15, 0.2) is 23.3 Å². The van der Waals surface area contributed by atoms with Gasteiger partial charge in [-0.25, -0.2) is 0 Å². The Balaban J connectivity index is 2.51. The molecule has 0 aromatic carbocycles. The first kappa shape index (κ1) is 10.7. The third-order valence-electron chi connectivity index (χ3n) is 4.01. The molecule has 1 atom stereocenters. The summed E-state index contributed by atoms with van der Waals surface area (Å²) in [5.41, 5.74) is 2.56. The van der Waals surface area contributed by atoms with Gasteiger partial charge in [-0.15, -0.1) is 0 Å². The molecule has 0 heterocycles. The highest BCUT2D eigenvalue weighted by Crippen LogP contribution is 2.51. The molecule has 0 amide bonds. The van der Waals surface area contributed by atoms with Gasteiger partial charge >= 0.3 is 0 Å². The van der Waals surface area contributed by atoms with Crippen LogP contribution in [0.5, 0.6) is 0 Å². The molecule has 0 saturated heterocycles. The Bertz CT molecular complexity index is 371. The zero-order chi connectivity index (χ0) is 11.3. The zero-order valence-electron chi connectivity index (χ0n) is 10.2. The van der Waals surface area contributed by atoms with Crippen molar-refractivity contribution >= 4 is 5.78 Å². The van der Waals surface area contributed by atoms with E-state index in [0.29, 0.717) is 5.78 Å². The first-order chi connectivity index (χ1) is 6.86. The molecule has 0 N–H and O–H groups in total. The van der Waals surface area contributed by atoms with Gasteiger partial charge in [0.05, 0.1) is 5.41 Å². The average Bonchev–Trinajstić information content (AvgIpc) is 2.11. The molecule has 1 nitrogen and oxygen atoms in total. The minimum Gasteiger partial charge on any atom is -0.298 e. The highest BCUT2D eigenvalue weighted by molar-refractivity contribution is 5.91. The van der Waals surface area contributed by atoms with E-state index in [0.717, 1.165) is 19.3 Å². The molecule has 2 aliphatic carbocycles. The molecule has 1 heteroatoms. The van der Waals surface area contributed by atoms with Crippen molar-refractivity contribution in [2.24, 2.45) is 10.8 Å². The van der Waals surface area contributed by atoms with E-state index in [1.54, 1.807) is 0 Å². The quantitative estimate of drug-likeness (QED) is 0.550. The normalized spacial score (nSPS) is 34.3. The summed E-state index contributed by atoms with van der Waals surface area (Å²) in [6.07, 6.45) is 7.21. The van der Waals surface area contributed by atoms with Crippen molar-refractivity contribution < 1.29 is 4.79 Å². The van der Waals surface area contributed by atoms with Gasteiger partial charge in [-0.3, -0.25) is 4.79 Å². The fourth-order valence-corrected chi connectivity index (χ4v) is 3.13. The first-order valence-corrected chi connectivity index (χ1v) is 5.79. The lowest BCUT2D eigenvalue weighted by molar-refractivity contribution is -0.127. The molecule has 0 spiro atoms. The number of Topliss-reactive ketones (excluding diaryl/α,β-unsaturated/α-hetero) is 1. The van der Waals surface area contributed by atoms with Crippen LogP contribution in [0, 0.1) is 10.8 Å². The van der Waals surface area contributed by atoms with Crippen molar-refractivity contribution in [3.05, 3.63) is 23.3 Å². The van der Waals surface area contributed by atoms with Gasteiger partial charge in [-0.05, 0) is 32.1 Å². The van der Waals surface area contributed by atoms with Gasteiger partial charge in [-0.1, -0.05) is 37.1 Å². The van der Waals surface area contributed by atoms with Crippen LogP contribution in [0.1, 0.15) is 47.0 Å². The van der Waals surface area contributed by atoms with Crippen LogP contribution in [-0.4, -0.2) is 5.78 Å². The van der Waals surface area contributed by atoms with Crippen molar-refractivity contribution in [1.29, 1.82) is 0 Å². The molecule has 1 fully saturated rings. The molecule has 0 bridgehead atoms. The van der Waals surface area contributed by atoms with E-state index < -0.39 is 0 Å². The minimum atomic E-state index is -0.302. The summed E-state index contributed by atoms with van der Waals surface area (Å²) in [6.45, 7) is 8.73. The molecule has 2 aliphatic rings. The number of rotatable bonds is 0. The lowest BCUT2D eigenvalue weighted by Gasteiger charge is -2.45. The predicted molar refractivity (Wildman–Crippen MR) is 62.6 cm³/mol. The maximum Gasteiger partial charge on any atom is 0.146 e. The summed E-state index contributed by atoms with van der Waals surface area (Å²) in [6, 6.07) is 0. The molecule has 1 unspecified atom stereocenters. The van der Waals surface area contributed by atoms with E-state index >= 15 is 0 Å². The van der Waals surface area contributed by atoms with Gasteiger partial charge < -0.3 is 0 Å². The third kappa shape index (κ3) is 1.49. The molecule has 1 saturated carbocycles. The SMILES string of the molecule is CC1=CC2(C)C(=O)CCC(C)(C)C2=CC1. The number of carbonyl (C=O) groups is 1. The number of hydrogen-bond acceptors (Lipinski definition) is 1. The van der Waals surface area contributed by atoms with Crippen LogP contribution in [0.3, 0.4) is 0 Å². The van der Waals surface area contributed by atoms with Crippen LogP contribution in [-0.2, 0) is 4.79 Å². The van der Waals surface area contributed by atoms with E-state index in [1.165, 1.54) is 11.1 Å². The van der Waals surface area contributed by atoms with Crippen LogP contribution < -0.4 is 0 Å². The van der Waals surface area contributed by atoms with Crippen LogP contribution in [0.4, 0.5) is 0 Å². The summed E-state index contributed by atoms with van der Waals surface area (Å²) >= 11 is 0. The van der Waals surface area contributed by atoms with Crippen molar-refractivity contribution in [2.45, 2.75) is 47.0 Å². The lowest BCUT2D eigenvalue weighted by atomic mass is 9.58. The van der Waals surface area contributed by atoms with E-state index in [1.807, 2.05) is 0 Å². The minimum absolute atomic E-state index is 0.194. The van der Waals surface area contributed by atoms with E-state index in [-0.39, 0.29) is 10.8 Å². The van der Waals surface area contributed by atoms with Gasteiger partial charge in [0, 0.05) is 6.42 Å². The Morgan fingerprint density at radius 2 is 1.93 bits per heavy atom. The zero-order valence-corrected chi connectivity index (χ0v) is 10.2. The van der Waals surface area contributed by atoms with Gasteiger partial charge in [0.15, 0.2) is 0 Å². The van der Waals surface area contributed by atoms with Crippen LogP contribution >= 0.6 is 0 Å². The maximum atomic E-state index is 12.1. The monoisotopic (exact) mass is 204 g/mol. The van der Waals surface area contributed by atoms with Gasteiger partial charge in [0.2, 0.25) is 0 Å². The van der Waals surface area contributed by atoms with Crippen molar-refractivity contribution in [3.63, 3.8) is 0 Å². The Kier molecular flexibility index (Phi) is 2.18. The number of ketones is 1. The lowest BCUT2D eigenvalue weighted by Crippen LogP contribution is -2.41. The van der Waals surface area contributed by atoms with E-state index in [9.17, 15) is 4.79 Å². The van der Waals surface area contributed by atoms with E-state index in [4.69, 9.17) is 0 Å². The van der Waals surface area contributed by atoms with Crippen LogP contribution in [0.25, 0.3) is 0 Å². The molecule has 15 heavy (non-hydrogen) atoms. The number of hydrogen-bond donors (Lipinski definition) is 0. The van der Waals surface area contributed by atoms with Crippen molar-refractivity contribution in [2.75, 3.05) is 0 Å². The fraction of sp³-hybridized carbons (Fsp3) is 0.643. The molecule has 0 radical (unpaired) electrons. The smallest absolute Gasteiger partial charge is 0.146 e. The summed E-state index contributed by atoms with van der Waals surface area (Å²) < 4.78 is 0. The molecular weight excluding hydrogens is 184 g/mol. The Labute approximate surface area is 92.3 Å². The van der Waals surface area contributed by atoms with Gasteiger partial charge in [0.25, 0.3) is 0 Å².